The van der Waals surface area contributed by atoms with Crippen LogP contribution in [0, 0.1) is 19.8 Å². The van der Waals surface area contributed by atoms with Crippen LogP contribution in [0.4, 0.5) is 5.82 Å². The van der Waals surface area contributed by atoms with Crippen LogP contribution >= 0.6 is 0 Å². The van der Waals surface area contributed by atoms with E-state index in [0.717, 1.165) is 47.2 Å². The molecule has 0 saturated carbocycles. The number of hydrogen-bond donors (Lipinski definition) is 0. The molecule has 8 nitrogen and oxygen atoms in total. The number of hydrogen-bond acceptors (Lipinski definition) is 6. The quantitative estimate of drug-likeness (QED) is 0.533. The maximum Gasteiger partial charge on any atom is 0.266 e. The van der Waals surface area contributed by atoms with Gasteiger partial charge < -0.3 is 4.90 Å². The Balaban J connectivity index is 1.34. The van der Waals surface area contributed by atoms with Crippen molar-refractivity contribution in [2.24, 2.45) is 5.92 Å². The lowest BCUT2D eigenvalue weighted by atomic mass is 10.0. The second-order valence-electron chi connectivity index (χ2n) is 7.56. The van der Waals surface area contributed by atoms with E-state index in [1.54, 1.807) is 29.2 Å². The molecule has 1 fully saturated rings. The molecule has 0 N–H and O–H groups in total. The second-order valence-corrected chi connectivity index (χ2v) is 7.56. The number of pyridine rings is 1. The number of rotatable bonds is 4. The molecule has 0 aliphatic carbocycles. The Bertz CT molecular complexity index is 1240. The van der Waals surface area contributed by atoms with Crippen molar-refractivity contribution in [1.82, 2.24) is 29.4 Å². The van der Waals surface area contributed by atoms with Crippen LogP contribution in [0.2, 0.25) is 0 Å². The van der Waals surface area contributed by atoms with E-state index < -0.39 is 0 Å². The van der Waals surface area contributed by atoms with Crippen molar-refractivity contribution in [2.75, 3.05) is 18.0 Å². The molecule has 1 aliphatic heterocycles. The monoisotopic (exact) mass is 387 g/mol. The van der Waals surface area contributed by atoms with Gasteiger partial charge in [0.1, 0.15) is 5.82 Å². The van der Waals surface area contributed by atoms with Gasteiger partial charge in [-0.25, -0.2) is 9.67 Å². The van der Waals surface area contributed by atoms with Crippen molar-refractivity contribution >= 4 is 11.5 Å². The molecule has 0 radical (unpaired) electrons. The molecule has 29 heavy (non-hydrogen) atoms. The van der Waals surface area contributed by atoms with Crippen molar-refractivity contribution in [3.8, 4) is 11.3 Å². The molecule has 0 unspecified atom stereocenters. The Morgan fingerprint density at radius 2 is 1.93 bits per heavy atom. The van der Waals surface area contributed by atoms with E-state index in [2.05, 4.69) is 31.1 Å². The molecule has 1 saturated heterocycles. The summed E-state index contributed by atoms with van der Waals surface area (Å²) in [7, 11) is 0. The first-order chi connectivity index (χ1) is 14.1. The summed E-state index contributed by atoms with van der Waals surface area (Å²) in [6.07, 6.45) is 3.48. The highest BCUT2D eigenvalue weighted by Gasteiger charge is 2.30. The van der Waals surface area contributed by atoms with Crippen LogP contribution in [0.25, 0.3) is 16.9 Å². The molecule has 8 heteroatoms. The van der Waals surface area contributed by atoms with Gasteiger partial charge in [-0.15, -0.1) is 0 Å². The third-order valence-corrected chi connectivity index (χ3v) is 5.19. The fourth-order valence-corrected chi connectivity index (χ4v) is 3.79. The van der Waals surface area contributed by atoms with E-state index in [9.17, 15) is 4.79 Å². The van der Waals surface area contributed by atoms with E-state index in [0.29, 0.717) is 12.5 Å². The van der Waals surface area contributed by atoms with Crippen LogP contribution in [0.1, 0.15) is 11.4 Å². The Morgan fingerprint density at radius 1 is 1.07 bits per heavy atom. The normalized spacial score (nSPS) is 14.3. The Kier molecular flexibility index (Phi) is 4.12. The van der Waals surface area contributed by atoms with E-state index in [4.69, 9.17) is 0 Å². The third kappa shape index (κ3) is 3.26. The minimum Gasteiger partial charge on any atom is -0.356 e. The smallest absolute Gasteiger partial charge is 0.266 e. The zero-order valence-corrected chi connectivity index (χ0v) is 16.4. The highest BCUT2D eigenvalue weighted by atomic mass is 16.1. The van der Waals surface area contributed by atoms with Crippen molar-refractivity contribution in [2.45, 2.75) is 20.4 Å². The van der Waals surface area contributed by atoms with Crippen molar-refractivity contribution < 1.29 is 0 Å². The fourth-order valence-electron chi connectivity index (χ4n) is 3.79. The van der Waals surface area contributed by atoms with Gasteiger partial charge in [-0.2, -0.15) is 14.7 Å². The summed E-state index contributed by atoms with van der Waals surface area (Å²) in [5.41, 5.74) is 4.36. The van der Waals surface area contributed by atoms with Crippen LogP contribution in [-0.2, 0) is 6.54 Å². The SMILES string of the molecule is Cc1cc(N2CC(Cn3nc(-c4cccnc4)ccc3=O)C2)n2nc(C)cc2n1. The first-order valence-electron chi connectivity index (χ1n) is 9.64. The minimum absolute atomic E-state index is 0.0825. The summed E-state index contributed by atoms with van der Waals surface area (Å²) >= 11 is 0. The molecule has 0 aromatic carbocycles. The van der Waals surface area contributed by atoms with E-state index in [1.165, 1.54) is 0 Å². The number of anilines is 1. The average molecular weight is 387 g/mol. The number of aryl methyl sites for hydroxylation is 2. The Labute approximate surface area is 167 Å². The number of aromatic nitrogens is 6. The van der Waals surface area contributed by atoms with Gasteiger partial charge in [0.2, 0.25) is 0 Å². The predicted molar refractivity (Wildman–Crippen MR) is 110 cm³/mol. The number of nitrogens with zero attached hydrogens (tertiary/aromatic N) is 7. The lowest BCUT2D eigenvalue weighted by Gasteiger charge is -2.40. The topological polar surface area (TPSA) is 81.2 Å². The number of fused-ring (bicyclic) bond motifs is 1. The van der Waals surface area contributed by atoms with Crippen molar-refractivity contribution in [3.05, 3.63) is 70.5 Å². The molecular formula is C21H21N7O. The molecule has 0 spiro atoms. The summed E-state index contributed by atoms with van der Waals surface area (Å²) < 4.78 is 3.46. The highest BCUT2D eigenvalue weighted by molar-refractivity contribution is 5.56. The molecule has 4 aromatic rings. The van der Waals surface area contributed by atoms with Gasteiger partial charge in [0.25, 0.3) is 5.56 Å². The van der Waals surface area contributed by atoms with Crippen molar-refractivity contribution in [3.63, 3.8) is 0 Å². The van der Waals surface area contributed by atoms with E-state index in [1.807, 2.05) is 36.6 Å². The van der Waals surface area contributed by atoms with Crippen LogP contribution < -0.4 is 10.5 Å². The van der Waals surface area contributed by atoms with Gasteiger partial charge in [-0.3, -0.25) is 9.78 Å². The summed E-state index contributed by atoms with van der Waals surface area (Å²) in [5, 5.41) is 9.11. The molecule has 0 bridgehead atoms. The maximum absolute atomic E-state index is 12.3. The van der Waals surface area contributed by atoms with Gasteiger partial charge in [0.15, 0.2) is 5.65 Å². The van der Waals surface area contributed by atoms with Gasteiger partial charge in [0, 0.05) is 60.9 Å². The molecular weight excluding hydrogens is 366 g/mol. The largest absolute Gasteiger partial charge is 0.356 e. The zero-order chi connectivity index (χ0) is 20.0. The van der Waals surface area contributed by atoms with Crippen LogP contribution in [0.3, 0.4) is 0 Å². The molecule has 5 rings (SSSR count). The minimum atomic E-state index is -0.0825. The lowest BCUT2D eigenvalue weighted by Crippen LogP contribution is -2.50. The maximum atomic E-state index is 12.3. The summed E-state index contributed by atoms with van der Waals surface area (Å²) in [5.74, 6) is 1.39. The predicted octanol–water partition coefficient (Wildman–Crippen LogP) is 2.10. The van der Waals surface area contributed by atoms with E-state index in [-0.39, 0.29) is 5.56 Å². The summed E-state index contributed by atoms with van der Waals surface area (Å²) in [4.78, 5) is 23.3. The third-order valence-electron chi connectivity index (χ3n) is 5.19. The average Bonchev–Trinajstić information content (AvgIpc) is 3.06. The summed E-state index contributed by atoms with van der Waals surface area (Å²) in [6, 6.07) is 11.2. The Morgan fingerprint density at radius 3 is 2.72 bits per heavy atom. The van der Waals surface area contributed by atoms with Crippen LogP contribution in [0.5, 0.6) is 0 Å². The zero-order valence-electron chi connectivity index (χ0n) is 16.4. The second kappa shape index (κ2) is 6.80. The molecule has 5 heterocycles. The van der Waals surface area contributed by atoms with E-state index >= 15 is 0 Å². The molecule has 0 amide bonds. The van der Waals surface area contributed by atoms with Crippen LogP contribution in [0.15, 0.2) is 53.6 Å². The fraction of sp³-hybridized carbons (Fsp3) is 0.286. The molecule has 4 aromatic heterocycles. The molecule has 0 atom stereocenters. The van der Waals surface area contributed by atoms with Gasteiger partial charge in [0.05, 0.1) is 17.9 Å². The van der Waals surface area contributed by atoms with Crippen molar-refractivity contribution in [1.29, 1.82) is 0 Å². The standard InChI is InChI=1S/C21H21N7O/c1-14-9-20(28-19(23-14)8-15(2)24-28)26-11-16(12-26)13-27-21(29)6-5-18(25-27)17-4-3-7-22-10-17/h3-10,16H,11-13H2,1-2H3. The lowest BCUT2D eigenvalue weighted by molar-refractivity contribution is 0.332. The van der Waals surface area contributed by atoms with Gasteiger partial charge in [-0.05, 0) is 32.0 Å². The Hall–Kier alpha value is -3.55. The first kappa shape index (κ1) is 17.5. The van der Waals surface area contributed by atoms with Gasteiger partial charge >= 0.3 is 0 Å². The van der Waals surface area contributed by atoms with Crippen LogP contribution in [-0.4, -0.2) is 42.5 Å². The first-order valence-corrected chi connectivity index (χ1v) is 9.64. The molecule has 1 aliphatic rings. The molecule has 146 valence electrons. The highest BCUT2D eigenvalue weighted by Crippen LogP contribution is 2.26. The van der Waals surface area contributed by atoms with Gasteiger partial charge in [-0.1, -0.05) is 0 Å². The summed E-state index contributed by atoms with van der Waals surface area (Å²) in [6.45, 7) is 6.26.